The summed E-state index contributed by atoms with van der Waals surface area (Å²) in [5, 5.41) is 0. The summed E-state index contributed by atoms with van der Waals surface area (Å²) in [5.74, 6) is 0.385. The molecule has 0 radical (unpaired) electrons. The van der Waals surface area contributed by atoms with Crippen LogP contribution in [0.2, 0.25) is 0 Å². The molecular weight excluding hydrogens is 240 g/mol. The molecule has 2 aromatic rings. The Morgan fingerprint density at radius 1 is 0.947 bits per heavy atom. The molecule has 0 aliphatic rings. The average molecular weight is 256 g/mol. The molecule has 0 fully saturated rings. The van der Waals surface area contributed by atoms with Gasteiger partial charge in [-0.2, -0.15) is 0 Å². The molecule has 0 amide bonds. The minimum absolute atomic E-state index is 0.296. The van der Waals surface area contributed by atoms with Gasteiger partial charge in [0.1, 0.15) is 0 Å². The van der Waals surface area contributed by atoms with E-state index in [9.17, 15) is 4.79 Å². The highest BCUT2D eigenvalue weighted by atomic mass is 16.6. The second kappa shape index (κ2) is 6.05. The Hall–Kier alpha value is -2.29. The number of carbonyl (C=O) groups is 1. The van der Waals surface area contributed by atoms with Gasteiger partial charge in [-0.3, -0.25) is 4.79 Å². The predicted octanol–water partition coefficient (Wildman–Crippen LogP) is 3.40. The third kappa shape index (κ3) is 3.13. The van der Waals surface area contributed by atoms with Crippen LogP contribution in [0.3, 0.4) is 0 Å². The standard InChI is InChI=1S/C16H16O3/c1-12(13-8-4-3-5-9-13)16(17)19-15-11-7-6-10-14(15)18-2/h3-12H,1-2H3/t12-/m1/s1. The summed E-state index contributed by atoms with van der Waals surface area (Å²) in [4.78, 5) is 12.1. The molecule has 0 aliphatic carbocycles. The highest BCUT2D eigenvalue weighted by Crippen LogP contribution is 2.27. The summed E-state index contributed by atoms with van der Waals surface area (Å²) < 4.78 is 10.5. The fourth-order valence-corrected chi connectivity index (χ4v) is 1.78. The molecule has 1 atom stereocenters. The highest BCUT2D eigenvalue weighted by Gasteiger charge is 2.18. The number of hydrogen-bond donors (Lipinski definition) is 0. The molecule has 3 nitrogen and oxygen atoms in total. The van der Waals surface area contributed by atoms with Crippen LogP contribution in [0, 0.1) is 0 Å². The van der Waals surface area contributed by atoms with Crippen LogP contribution in [-0.4, -0.2) is 13.1 Å². The molecule has 0 saturated carbocycles. The van der Waals surface area contributed by atoms with Crippen LogP contribution >= 0.6 is 0 Å². The van der Waals surface area contributed by atoms with Crippen LogP contribution in [-0.2, 0) is 4.79 Å². The molecule has 19 heavy (non-hydrogen) atoms. The van der Waals surface area contributed by atoms with Crippen molar-refractivity contribution < 1.29 is 14.3 Å². The maximum atomic E-state index is 12.1. The number of methoxy groups -OCH3 is 1. The molecule has 0 aliphatic heterocycles. The molecule has 0 bridgehead atoms. The summed E-state index contributed by atoms with van der Waals surface area (Å²) in [6, 6.07) is 16.7. The van der Waals surface area contributed by atoms with Gasteiger partial charge in [-0.1, -0.05) is 42.5 Å². The van der Waals surface area contributed by atoms with E-state index in [1.54, 1.807) is 25.3 Å². The predicted molar refractivity (Wildman–Crippen MR) is 73.5 cm³/mol. The lowest BCUT2D eigenvalue weighted by Crippen LogP contribution is -2.16. The van der Waals surface area contributed by atoms with Crippen molar-refractivity contribution in [1.29, 1.82) is 0 Å². The molecular formula is C16H16O3. The molecule has 0 N–H and O–H groups in total. The summed E-state index contributed by atoms with van der Waals surface area (Å²) in [6.07, 6.45) is 0. The summed E-state index contributed by atoms with van der Waals surface area (Å²) >= 11 is 0. The van der Waals surface area contributed by atoms with Crippen molar-refractivity contribution in [1.82, 2.24) is 0 Å². The summed E-state index contributed by atoms with van der Waals surface area (Å²) in [5.41, 5.74) is 0.933. The topological polar surface area (TPSA) is 35.5 Å². The van der Waals surface area contributed by atoms with Crippen molar-refractivity contribution in [3.8, 4) is 11.5 Å². The third-order valence-corrected chi connectivity index (χ3v) is 2.93. The van der Waals surface area contributed by atoms with Gasteiger partial charge in [-0.05, 0) is 24.6 Å². The van der Waals surface area contributed by atoms with E-state index in [0.29, 0.717) is 11.5 Å². The number of carbonyl (C=O) groups excluding carboxylic acids is 1. The maximum absolute atomic E-state index is 12.1. The van der Waals surface area contributed by atoms with Crippen LogP contribution in [0.5, 0.6) is 11.5 Å². The van der Waals surface area contributed by atoms with E-state index < -0.39 is 0 Å². The summed E-state index contributed by atoms with van der Waals surface area (Å²) in [6.45, 7) is 1.83. The third-order valence-electron chi connectivity index (χ3n) is 2.93. The zero-order valence-electron chi connectivity index (χ0n) is 11.0. The van der Waals surface area contributed by atoms with E-state index >= 15 is 0 Å². The molecule has 0 unspecified atom stereocenters. The quantitative estimate of drug-likeness (QED) is 0.621. The monoisotopic (exact) mass is 256 g/mol. The number of para-hydroxylation sites is 2. The van der Waals surface area contributed by atoms with Gasteiger partial charge in [0.2, 0.25) is 0 Å². The van der Waals surface area contributed by atoms with E-state index in [-0.39, 0.29) is 11.9 Å². The van der Waals surface area contributed by atoms with E-state index in [1.165, 1.54) is 0 Å². The van der Waals surface area contributed by atoms with Crippen molar-refractivity contribution in [3.05, 3.63) is 60.2 Å². The maximum Gasteiger partial charge on any atom is 0.318 e. The van der Waals surface area contributed by atoms with E-state index in [1.807, 2.05) is 43.3 Å². The van der Waals surface area contributed by atoms with Gasteiger partial charge in [-0.25, -0.2) is 0 Å². The number of rotatable bonds is 4. The van der Waals surface area contributed by atoms with E-state index in [0.717, 1.165) is 5.56 Å². The Balaban J connectivity index is 2.13. The van der Waals surface area contributed by atoms with Crippen molar-refractivity contribution >= 4 is 5.97 Å². The van der Waals surface area contributed by atoms with Crippen molar-refractivity contribution in [2.45, 2.75) is 12.8 Å². The fraction of sp³-hybridized carbons (Fsp3) is 0.188. The zero-order valence-corrected chi connectivity index (χ0v) is 11.0. The normalized spacial score (nSPS) is 11.7. The number of hydrogen-bond acceptors (Lipinski definition) is 3. The van der Waals surface area contributed by atoms with Gasteiger partial charge in [0.05, 0.1) is 13.0 Å². The van der Waals surface area contributed by atoms with Crippen LogP contribution < -0.4 is 9.47 Å². The molecule has 0 spiro atoms. The smallest absolute Gasteiger partial charge is 0.318 e. The Morgan fingerprint density at radius 3 is 2.16 bits per heavy atom. The minimum Gasteiger partial charge on any atom is -0.493 e. The average Bonchev–Trinajstić information content (AvgIpc) is 2.48. The minimum atomic E-state index is -0.314. The lowest BCUT2D eigenvalue weighted by atomic mass is 10.0. The Kier molecular flexibility index (Phi) is 4.18. The van der Waals surface area contributed by atoms with Gasteiger partial charge < -0.3 is 9.47 Å². The molecule has 3 heteroatoms. The van der Waals surface area contributed by atoms with Crippen LogP contribution in [0.15, 0.2) is 54.6 Å². The van der Waals surface area contributed by atoms with Gasteiger partial charge >= 0.3 is 5.97 Å². The zero-order chi connectivity index (χ0) is 13.7. The number of benzene rings is 2. The van der Waals surface area contributed by atoms with Gasteiger partial charge in [-0.15, -0.1) is 0 Å². The highest BCUT2D eigenvalue weighted by molar-refractivity contribution is 5.80. The fourth-order valence-electron chi connectivity index (χ4n) is 1.78. The Morgan fingerprint density at radius 2 is 1.53 bits per heavy atom. The SMILES string of the molecule is COc1ccccc1OC(=O)[C@H](C)c1ccccc1. The van der Waals surface area contributed by atoms with Crippen molar-refractivity contribution in [2.24, 2.45) is 0 Å². The van der Waals surface area contributed by atoms with E-state index in [2.05, 4.69) is 0 Å². The first-order chi connectivity index (χ1) is 9.22. The van der Waals surface area contributed by atoms with Crippen LogP contribution in [0.25, 0.3) is 0 Å². The van der Waals surface area contributed by atoms with Gasteiger partial charge in [0, 0.05) is 0 Å². The molecule has 0 aromatic heterocycles. The van der Waals surface area contributed by atoms with Crippen LogP contribution in [0.4, 0.5) is 0 Å². The lowest BCUT2D eigenvalue weighted by Gasteiger charge is -2.13. The summed E-state index contributed by atoms with van der Waals surface area (Å²) in [7, 11) is 1.55. The van der Waals surface area contributed by atoms with E-state index in [4.69, 9.17) is 9.47 Å². The second-order valence-electron chi connectivity index (χ2n) is 4.20. The first-order valence-corrected chi connectivity index (χ1v) is 6.12. The van der Waals surface area contributed by atoms with Gasteiger partial charge in [0.15, 0.2) is 11.5 Å². The molecule has 2 rings (SSSR count). The molecule has 2 aromatic carbocycles. The Bertz CT molecular complexity index is 549. The largest absolute Gasteiger partial charge is 0.493 e. The first kappa shape index (κ1) is 13.1. The van der Waals surface area contributed by atoms with Crippen LogP contribution in [0.1, 0.15) is 18.4 Å². The van der Waals surface area contributed by atoms with Gasteiger partial charge in [0.25, 0.3) is 0 Å². The molecule has 98 valence electrons. The number of ether oxygens (including phenoxy) is 2. The Labute approximate surface area is 112 Å². The first-order valence-electron chi connectivity index (χ1n) is 6.12. The van der Waals surface area contributed by atoms with Crippen molar-refractivity contribution in [3.63, 3.8) is 0 Å². The number of esters is 1. The van der Waals surface area contributed by atoms with Crippen molar-refractivity contribution in [2.75, 3.05) is 7.11 Å². The lowest BCUT2D eigenvalue weighted by molar-refractivity contribution is -0.135. The molecule has 0 saturated heterocycles. The molecule has 0 heterocycles. The second-order valence-corrected chi connectivity index (χ2v) is 4.20.